The molecule has 2 atom stereocenters. The molecule has 0 aromatic carbocycles. The Morgan fingerprint density at radius 1 is 1.57 bits per heavy atom. The summed E-state index contributed by atoms with van der Waals surface area (Å²) in [5, 5.41) is 17.8. The molecule has 1 heterocycles. The van der Waals surface area contributed by atoms with E-state index in [1.165, 1.54) is 0 Å². The Bertz CT molecular complexity index is 242. The lowest BCUT2D eigenvalue weighted by Crippen LogP contribution is -2.40. The average Bonchev–Trinajstić information content (AvgIpc) is 2.47. The summed E-state index contributed by atoms with van der Waals surface area (Å²) in [4.78, 5) is 14.4. The van der Waals surface area contributed by atoms with Gasteiger partial charge in [-0.2, -0.15) is 0 Å². The molecule has 0 bridgehead atoms. The lowest BCUT2D eigenvalue weighted by atomic mass is 10.2. The average molecular weight is 200 g/mol. The van der Waals surface area contributed by atoms with Crippen molar-refractivity contribution in [3.63, 3.8) is 0 Å². The van der Waals surface area contributed by atoms with Gasteiger partial charge in [-0.15, -0.1) is 0 Å². The highest BCUT2D eigenvalue weighted by Crippen LogP contribution is 2.17. The largest absolute Gasteiger partial charge is 0.479 e. The van der Waals surface area contributed by atoms with Crippen molar-refractivity contribution in [1.29, 1.82) is 0 Å². The number of carboxylic acid groups (broad SMARTS) is 1. The van der Waals surface area contributed by atoms with Crippen molar-refractivity contribution >= 4 is 5.97 Å². The lowest BCUT2D eigenvalue weighted by molar-refractivity contribution is -0.148. The van der Waals surface area contributed by atoms with Gasteiger partial charge in [-0.05, 0) is 6.92 Å². The van der Waals surface area contributed by atoms with E-state index in [9.17, 15) is 9.90 Å². The van der Waals surface area contributed by atoms with Crippen molar-refractivity contribution in [2.75, 3.05) is 13.6 Å². The number of hydrogen-bond acceptors (Lipinski definition) is 4. The molecule has 1 rings (SSSR count). The molecule has 5 nitrogen and oxygen atoms in total. The van der Waals surface area contributed by atoms with Crippen LogP contribution in [0, 0.1) is 0 Å². The van der Waals surface area contributed by atoms with Gasteiger partial charge in [-0.1, -0.05) is 0 Å². The fourth-order valence-electron chi connectivity index (χ4n) is 1.54. The van der Waals surface area contributed by atoms with Crippen molar-refractivity contribution in [1.82, 2.24) is 9.80 Å². The molecule has 1 aliphatic rings. The molecule has 1 aliphatic heterocycles. The van der Waals surface area contributed by atoms with Crippen molar-refractivity contribution in [2.24, 2.45) is 0 Å². The second-order valence-electron chi connectivity index (χ2n) is 3.36. The molecule has 0 fully saturated rings. The highest BCUT2D eigenvalue weighted by Gasteiger charge is 2.27. The standard InChI is InChI=1S/C9H16N2O3/c1-3-11-5-4-10(2)8(11)6-7(12)9(13)14/h4-5,7-8,12H,3,6H2,1-2H3,(H,13,14). The molecule has 0 saturated carbocycles. The van der Waals surface area contributed by atoms with Crippen LogP contribution < -0.4 is 0 Å². The smallest absolute Gasteiger partial charge is 0.332 e. The second kappa shape index (κ2) is 4.32. The van der Waals surface area contributed by atoms with E-state index < -0.39 is 12.1 Å². The number of aliphatic carboxylic acids is 1. The van der Waals surface area contributed by atoms with Gasteiger partial charge in [0.15, 0.2) is 6.10 Å². The van der Waals surface area contributed by atoms with Crippen LogP contribution in [-0.4, -0.2) is 51.8 Å². The fraction of sp³-hybridized carbons (Fsp3) is 0.667. The summed E-state index contributed by atoms with van der Waals surface area (Å²) in [5.41, 5.74) is 0. The van der Waals surface area contributed by atoms with E-state index in [1.807, 2.05) is 36.2 Å². The third-order valence-corrected chi connectivity index (χ3v) is 2.43. The van der Waals surface area contributed by atoms with Crippen LogP contribution in [-0.2, 0) is 4.79 Å². The minimum atomic E-state index is -1.30. The number of hydrogen-bond donors (Lipinski definition) is 2. The molecular formula is C9H16N2O3. The molecule has 2 unspecified atom stereocenters. The van der Waals surface area contributed by atoms with Gasteiger partial charge in [0.05, 0.1) is 0 Å². The summed E-state index contributed by atoms with van der Waals surface area (Å²) in [5.74, 6) is -1.17. The normalized spacial score (nSPS) is 22.9. The molecular weight excluding hydrogens is 184 g/mol. The van der Waals surface area contributed by atoms with Crippen molar-refractivity contribution < 1.29 is 15.0 Å². The van der Waals surface area contributed by atoms with Gasteiger partial charge in [-0.25, -0.2) is 4.79 Å². The molecule has 14 heavy (non-hydrogen) atoms. The zero-order chi connectivity index (χ0) is 10.7. The summed E-state index contributed by atoms with van der Waals surface area (Å²) >= 11 is 0. The van der Waals surface area contributed by atoms with Crippen LogP contribution in [0.5, 0.6) is 0 Å². The van der Waals surface area contributed by atoms with Gasteiger partial charge in [-0.3, -0.25) is 0 Å². The summed E-state index contributed by atoms with van der Waals surface area (Å²) in [6.07, 6.45) is 2.65. The monoisotopic (exact) mass is 200 g/mol. The van der Waals surface area contributed by atoms with Gasteiger partial charge in [0.1, 0.15) is 6.17 Å². The van der Waals surface area contributed by atoms with E-state index in [2.05, 4.69) is 0 Å². The predicted molar refractivity (Wildman–Crippen MR) is 51.3 cm³/mol. The number of aliphatic hydroxyl groups excluding tert-OH is 1. The summed E-state index contributed by atoms with van der Waals surface area (Å²) in [6, 6.07) is 0. The predicted octanol–water partition coefficient (Wildman–Crippen LogP) is -0.113. The molecule has 0 aliphatic carbocycles. The Morgan fingerprint density at radius 3 is 2.71 bits per heavy atom. The molecule has 0 aromatic heterocycles. The molecule has 0 amide bonds. The van der Waals surface area contributed by atoms with Crippen molar-refractivity contribution in [3.05, 3.63) is 12.4 Å². The van der Waals surface area contributed by atoms with Crippen LogP contribution in [0.25, 0.3) is 0 Å². The van der Waals surface area contributed by atoms with Gasteiger partial charge in [0.2, 0.25) is 0 Å². The topological polar surface area (TPSA) is 64.0 Å². The zero-order valence-corrected chi connectivity index (χ0v) is 8.42. The first kappa shape index (κ1) is 10.8. The Morgan fingerprint density at radius 2 is 2.21 bits per heavy atom. The quantitative estimate of drug-likeness (QED) is 0.662. The maximum absolute atomic E-state index is 10.5. The molecule has 5 heteroatoms. The van der Waals surface area contributed by atoms with Crippen LogP contribution >= 0.6 is 0 Å². The second-order valence-corrected chi connectivity index (χ2v) is 3.36. The van der Waals surface area contributed by atoms with E-state index in [1.54, 1.807) is 0 Å². The maximum Gasteiger partial charge on any atom is 0.332 e. The van der Waals surface area contributed by atoms with E-state index in [4.69, 9.17) is 5.11 Å². The zero-order valence-electron chi connectivity index (χ0n) is 8.42. The molecule has 80 valence electrons. The lowest BCUT2D eigenvalue weighted by Gasteiger charge is -2.30. The minimum Gasteiger partial charge on any atom is -0.479 e. The third kappa shape index (κ3) is 2.17. The van der Waals surface area contributed by atoms with E-state index in [0.717, 1.165) is 6.54 Å². The van der Waals surface area contributed by atoms with Crippen molar-refractivity contribution in [2.45, 2.75) is 25.6 Å². The highest BCUT2D eigenvalue weighted by atomic mass is 16.4. The number of nitrogens with zero attached hydrogens (tertiary/aromatic N) is 2. The molecule has 0 aromatic rings. The van der Waals surface area contributed by atoms with Crippen LogP contribution in [0.3, 0.4) is 0 Å². The third-order valence-electron chi connectivity index (χ3n) is 2.43. The number of aliphatic hydroxyl groups is 1. The summed E-state index contributed by atoms with van der Waals surface area (Å²) in [6.45, 7) is 2.79. The Hall–Kier alpha value is -1.23. The molecule has 0 radical (unpaired) electrons. The Balaban J connectivity index is 2.55. The highest BCUT2D eigenvalue weighted by molar-refractivity contribution is 5.71. The van der Waals surface area contributed by atoms with Crippen LogP contribution in [0.15, 0.2) is 12.4 Å². The Labute approximate surface area is 83.2 Å². The van der Waals surface area contributed by atoms with Crippen LogP contribution in [0.4, 0.5) is 0 Å². The fourth-order valence-corrected chi connectivity index (χ4v) is 1.54. The van der Waals surface area contributed by atoms with Gasteiger partial charge >= 0.3 is 5.97 Å². The Kier molecular flexibility index (Phi) is 3.35. The summed E-state index contributed by atoms with van der Waals surface area (Å²) < 4.78 is 0. The van der Waals surface area contributed by atoms with Crippen LogP contribution in [0.2, 0.25) is 0 Å². The van der Waals surface area contributed by atoms with E-state index in [-0.39, 0.29) is 12.6 Å². The number of carbonyl (C=O) groups is 1. The number of rotatable bonds is 4. The van der Waals surface area contributed by atoms with Gasteiger partial charge in [0, 0.05) is 32.4 Å². The van der Waals surface area contributed by atoms with E-state index in [0.29, 0.717) is 0 Å². The molecule has 0 saturated heterocycles. The van der Waals surface area contributed by atoms with Crippen molar-refractivity contribution in [3.8, 4) is 0 Å². The minimum absolute atomic E-state index is 0.0499. The van der Waals surface area contributed by atoms with Gasteiger partial charge in [0.25, 0.3) is 0 Å². The first-order chi connectivity index (χ1) is 6.56. The van der Waals surface area contributed by atoms with Gasteiger partial charge < -0.3 is 20.0 Å². The first-order valence-electron chi connectivity index (χ1n) is 4.63. The SMILES string of the molecule is CCN1C=CN(C)C1CC(O)C(=O)O. The molecule has 0 spiro atoms. The maximum atomic E-state index is 10.5. The summed E-state index contributed by atoms with van der Waals surface area (Å²) in [7, 11) is 1.87. The number of carboxylic acids is 1. The van der Waals surface area contributed by atoms with E-state index >= 15 is 0 Å². The van der Waals surface area contributed by atoms with Crippen LogP contribution in [0.1, 0.15) is 13.3 Å². The molecule has 2 N–H and O–H groups in total. The first-order valence-corrected chi connectivity index (χ1v) is 4.63.